The Morgan fingerprint density at radius 2 is 2.44 bits per heavy atom. The van der Waals surface area contributed by atoms with Crippen LogP contribution in [0.3, 0.4) is 0 Å². The molecule has 1 fully saturated rings. The van der Waals surface area contributed by atoms with Crippen molar-refractivity contribution in [1.82, 2.24) is 15.3 Å². The lowest BCUT2D eigenvalue weighted by molar-refractivity contribution is 0.401. The molecule has 5 heteroatoms. The maximum Gasteiger partial charge on any atom is 0.252 e. The van der Waals surface area contributed by atoms with E-state index in [2.05, 4.69) is 20.2 Å². The van der Waals surface area contributed by atoms with E-state index in [1.807, 2.05) is 14.0 Å². The van der Waals surface area contributed by atoms with E-state index >= 15 is 0 Å². The fourth-order valence-corrected chi connectivity index (χ4v) is 2.55. The van der Waals surface area contributed by atoms with Crippen LogP contribution in [-0.2, 0) is 6.42 Å². The molecule has 2 heterocycles. The van der Waals surface area contributed by atoms with Crippen molar-refractivity contribution in [2.75, 3.05) is 31.6 Å². The lowest BCUT2D eigenvalue weighted by Crippen LogP contribution is -2.40. The summed E-state index contributed by atoms with van der Waals surface area (Å²) in [6.45, 7) is 5.02. The molecule has 0 radical (unpaired) electrons. The zero-order valence-electron chi connectivity index (χ0n) is 11.2. The van der Waals surface area contributed by atoms with Gasteiger partial charge in [-0.05, 0) is 32.4 Å². The molecule has 0 spiro atoms. The van der Waals surface area contributed by atoms with Crippen LogP contribution in [0, 0.1) is 5.92 Å². The molecule has 0 saturated carbocycles. The second-order valence-electron chi connectivity index (χ2n) is 4.92. The fourth-order valence-electron chi connectivity index (χ4n) is 2.55. The first-order valence-corrected chi connectivity index (χ1v) is 6.72. The van der Waals surface area contributed by atoms with Crippen LogP contribution in [0.4, 0.5) is 5.82 Å². The van der Waals surface area contributed by atoms with Gasteiger partial charge in [-0.2, -0.15) is 0 Å². The van der Waals surface area contributed by atoms with E-state index in [0.717, 1.165) is 37.7 Å². The summed E-state index contributed by atoms with van der Waals surface area (Å²) in [6.07, 6.45) is 3.18. The first-order chi connectivity index (χ1) is 8.72. The Hall–Kier alpha value is -1.36. The number of H-pyrrole nitrogens is 1. The first kappa shape index (κ1) is 13.1. The lowest BCUT2D eigenvalue weighted by atomic mass is 9.98. The van der Waals surface area contributed by atoms with Gasteiger partial charge in [0.1, 0.15) is 11.6 Å². The summed E-state index contributed by atoms with van der Waals surface area (Å²) in [5, 5.41) is 3.23. The van der Waals surface area contributed by atoms with E-state index < -0.39 is 0 Å². The third kappa shape index (κ3) is 3.10. The zero-order valence-corrected chi connectivity index (χ0v) is 11.2. The van der Waals surface area contributed by atoms with Crippen molar-refractivity contribution < 1.29 is 0 Å². The smallest absolute Gasteiger partial charge is 0.252 e. The molecule has 1 aliphatic heterocycles. The van der Waals surface area contributed by atoms with Crippen molar-refractivity contribution >= 4 is 5.82 Å². The predicted molar refractivity (Wildman–Crippen MR) is 73.1 cm³/mol. The largest absolute Gasteiger partial charge is 0.356 e. The molecule has 0 aliphatic carbocycles. The summed E-state index contributed by atoms with van der Waals surface area (Å²) in [5.74, 6) is 2.25. The fraction of sp³-hybridized carbons (Fsp3) is 0.692. The minimum absolute atomic E-state index is 0.0485. The van der Waals surface area contributed by atoms with Gasteiger partial charge in [-0.1, -0.05) is 6.92 Å². The second-order valence-corrected chi connectivity index (χ2v) is 4.92. The molecule has 5 nitrogen and oxygen atoms in total. The number of aromatic nitrogens is 2. The Labute approximate surface area is 108 Å². The third-order valence-corrected chi connectivity index (χ3v) is 3.45. The molecule has 100 valence electrons. The highest BCUT2D eigenvalue weighted by atomic mass is 16.1. The molecule has 0 aromatic carbocycles. The van der Waals surface area contributed by atoms with Crippen LogP contribution in [-0.4, -0.2) is 36.6 Å². The number of nitrogens with one attached hydrogen (secondary N) is 2. The Morgan fingerprint density at radius 3 is 3.17 bits per heavy atom. The summed E-state index contributed by atoms with van der Waals surface area (Å²) < 4.78 is 0. The Morgan fingerprint density at radius 1 is 1.61 bits per heavy atom. The summed E-state index contributed by atoms with van der Waals surface area (Å²) in [5.41, 5.74) is -0.0485. The molecule has 18 heavy (non-hydrogen) atoms. The Bertz CT molecular complexity index is 441. The molecule has 1 aromatic heterocycles. The van der Waals surface area contributed by atoms with Gasteiger partial charge >= 0.3 is 0 Å². The third-order valence-electron chi connectivity index (χ3n) is 3.45. The molecule has 1 atom stereocenters. The normalized spacial score (nSPS) is 20.1. The highest BCUT2D eigenvalue weighted by Crippen LogP contribution is 2.20. The van der Waals surface area contributed by atoms with Crippen molar-refractivity contribution in [2.45, 2.75) is 26.2 Å². The number of piperidine rings is 1. The number of hydrogen-bond acceptors (Lipinski definition) is 4. The SMILES string of the molecule is CCc1nc(N2CCCC(CNC)C2)cc(=O)[nH]1. The van der Waals surface area contributed by atoms with Gasteiger partial charge in [0.05, 0.1) is 0 Å². The van der Waals surface area contributed by atoms with Gasteiger partial charge in [0.15, 0.2) is 0 Å². The number of aromatic amines is 1. The van der Waals surface area contributed by atoms with Crippen LogP contribution in [0.15, 0.2) is 10.9 Å². The quantitative estimate of drug-likeness (QED) is 0.828. The van der Waals surface area contributed by atoms with Gasteiger partial charge in [-0.3, -0.25) is 4.79 Å². The highest BCUT2D eigenvalue weighted by molar-refractivity contribution is 5.38. The predicted octanol–water partition coefficient (Wildman–Crippen LogP) is 0.768. The monoisotopic (exact) mass is 250 g/mol. The van der Waals surface area contributed by atoms with Crippen LogP contribution in [0.5, 0.6) is 0 Å². The second kappa shape index (κ2) is 6.00. The summed E-state index contributed by atoms with van der Waals surface area (Å²) in [6, 6.07) is 1.61. The number of rotatable bonds is 4. The molecule has 0 amide bonds. The number of hydrogen-bond donors (Lipinski definition) is 2. The van der Waals surface area contributed by atoms with Crippen LogP contribution in [0.25, 0.3) is 0 Å². The van der Waals surface area contributed by atoms with Crippen molar-refractivity contribution in [3.8, 4) is 0 Å². The maximum absolute atomic E-state index is 11.6. The number of nitrogens with zero attached hydrogens (tertiary/aromatic N) is 2. The molecule has 0 bridgehead atoms. The first-order valence-electron chi connectivity index (χ1n) is 6.72. The average molecular weight is 250 g/mol. The van der Waals surface area contributed by atoms with E-state index in [9.17, 15) is 4.79 Å². The van der Waals surface area contributed by atoms with Gasteiger partial charge in [-0.15, -0.1) is 0 Å². The van der Waals surface area contributed by atoms with Crippen molar-refractivity contribution in [1.29, 1.82) is 0 Å². The van der Waals surface area contributed by atoms with Gasteiger partial charge in [0.2, 0.25) is 0 Å². The van der Waals surface area contributed by atoms with Gasteiger partial charge in [-0.25, -0.2) is 4.98 Å². The van der Waals surface area contributed by atoms with Gasteiger partial charge in [0, 0.05) is 25.6 Å². The Balaban J connectivity index is 2.15. The number of aryl methyl sites for hydroxylation is 1. The van der Waals surface area contributed by atoms with E-state index in [0.29, 0.717) is 5.92 Å². The van der Waals surface area contributed by atoms with Crippen LogP contribution >= 0.6 is 0 Å². The minimum Gasteiger partial charge on any atom is -0.356 e. The minimum atomic E-state index is -0.0485. The summed E-state index contributed by atoms with van der Waals surface area (Å²) in [4.78, 5) is 21.1. The van der Waals surface area contributed by atoms with E-state index in [1.165, 1.54) is 12.8 Å². The molecular weight excluding hydrogens is 228 g/mol. The zero-order chi connectivity index (χ0) is 13.0. The van der Waals surface area contributed by atoms with Crippen molar-refractivity contribution in [3.05, 3.63) is 22.2 Å². The van der Waals surface area contributed by atoms with E-state index in [-0.39, 0.29) is 5.56 Å². The summed E-state index contributed by atoms with van der Waals surface area (Å²) >= 11 is 0. The topological polar surface area (TPSA) is 61.0 Å². The maximum atomic E-state index is 11.6. The molecule has 1 aromatic rings. The van der Waals surface area contributed by atoms with Crippen LogP contribution < -0.4 is 15.8 Å². The van der Waals surface area contributed by atoms with Gasteiger partial charge in [0.25, 0.3) is 5.56 Å². The lowest BCUT2D eigenvalue weighted by Gasteiger charge is -2.33. The molecule has 2 rings (SSSR count). The van der Waals surface area contributed by atoms with E-state index in [4.69, 9.17) is 0 Å². The van der Waals surface area contributed by atoms with Crippen LogP contribution in [0.2, 0.25) is 0 Å². The van der Waals surface area contributed by atoms with Crippen molar-refractivity contribution in [2.24, 2.45) is 5.92 Å². The van der Waals surface area contributed by atoms with Gasteiger partial charge < -0.3 is 15.2 Å². The molecular formula is C13H22N4O. The molecule has 1 aliphatic rings. The Kier molecular flexibility index (Phi) is 4.36. The molecule has 2 N–H and O–H groups in total. The number of anilines is 1. The molecule has 1 unspecified atom stereocenters. The highest BCUT2D eigenvalue weighted by Gasteiger charge is 2.20. The van der Waals surface area contributed by atoms with Crippen molar-refractivity contribution in [3.63, 3.8) is 0 Å². The van der Waals surface area contributed by atoms with E-state index in [1.54, 1.807) is 6.07 Å². The molecule has 1 saturated heterocycles. The summed E-state index contributed by atoms with van der Waals surface area (Å²) in [7, 11) is 1.99. The van der Waals surface area contributed by atoms with Crippen LogP contribution in [0.1, 0.15) is 25.6 Å². The average Bonchev–Trinajstić information content (AvgIpc) is 2.39. The standard InChI is InChI=1S/C13H22N4O/c1-3-11-15-12(7-13(18)16-11)17-6-4-5-10(9-17)8-14-2/h7,10,14H,3-6,8-9H2,1-2H3,(H,15,16,18).